The number of hydrogen-bond acceptors (Lipinski definition) is 0. The molecule has 0 fully saturated rings. The van der Waals surface area contributed by atoms with Gasteiger partial charge in [0.25, 0.3) is 0 Å². The molecule has 88 valence electrons. The second kappa shape index (κ2) is 6.02. The van der Waals surface area contributed by atoms with Crippen molar-refractivity contribution >= 4 is 15.9 Å². The first-order chi connectivity index (χ1) is 8.33. The van der Waals surface area contributed by atoms with Gasteiger partial charge in [-0.1, -0.05) is 83.5 Å². The predicted molar refractivity (Wildman–Crippen MR) is 77.8 cm³/mol. The minimum absolute atomic E-state index is 0.526. The molecule has 0 N–H and O–H groups in total. The van der Waals surface area contributed by atoms with E-state index in [-0.39, 0.29) is 0 Å². The van der Waals surface area contributed by atoms with Crippen molar-refractivity contribution < 1.29 is 0 Å². The van der Waals surface area contributed by atoms with Crippen LogP contribution >= 0.6 is 15.9 Å². The van der Waals surface area contributed by atoms with Crippen LogP contribution in [0, 0.1) is 0 Å². The molecule has 17 heavy (non-hydrogen) atoms. The Labute approximate surface area is 112 Å². The van der Waals surface area contributed by atoms with Gasteiger partial charge in [-0.2, -0.15) is 0 Å². The first-order valence-corrected chi connectivity index (χ1v) is 7.11. The van der Waals surface area contributed by atoms with Gasteiger partial charge in [0.05, 0.1) is 0 Å². The number of rotatable bonds is 4. The third-order valence-corrected chi connectivity index (χ3v) is 4.02. The van der Waals surface area contributed by atoms with E-state index in [2.05, 4.69) is 83.5 Å². The van der Waals surface area contributed by atoms with E-state index in [0.717, 1.165) is 5.33 Å². The maximum atomic E-state index is 3.65. The van der Waals surface area contributed by atoms with Gasteiger partial charge in [0.15, 0.2) is 0 Å². The van der Waals surface area contributed by atoms with E-state index in [1.54, 1.807) is 0 Å². The van der Waals surface area contributed by atoms with Crippen molar-refractivity contribution in [2.45, 2.75) is 18.8 Å². The Balaban J connectivity index is 2.25. The summed E-state index contributed by atoms with van der Waals surface area (Å²) in [6.07, 6.45) is 0. The molecule has 0 aliphatic carbocycles. The van der Waals surface area contributed by atoms with Crippen LogP contribution in [0.4, 0.5) is 0 Å². The molecule has 0 saturated carbocycles. The molecule has 0 heterocycles. The van der Waals surface area contributed by atoms with Gasteiger partial charge in [-0.3, -0.25) is 0 Å². The molecule has 0 bridgehead atoms. The van der Waals surface area contributed by atoms with Crippen LogP contribution in [0.2, 0.25) is 0 Å². The van der Waals surface area contributed by atoms with Crippen molar-refractivity contribution in [1.82, 2.24) is 0 Å². The van der Waals surface area contributed by atoms with Crippen LogP contribution in [-0.2, 0) is 0 Å². The minimum atomic E-state index is 0.526. The summed E-state index contributed by atoms with van der Waals surface area (Å²) in [5, 5.41) is 0.993. The first kappa shape index (κ1) is 12.4. The lowest BCUT2D eigenvalue weighted by atomic mass is 9.84. The standard InChI is InChI=1S/C16H17Br/c1-13(14-8-4-2-5-9-14)16(12-17)15-10-6-3-7-11-15/h2-11,13,16H,12H2,1H3. The fraction of sp³-hybridized carbons (Fsp3) is 0.250. The molecule has 0 amide bonds. The lowest BCUT2D eigenvalue weighted by Crippen LogP contribution is -2.09. The summed E-state index contributed by atoms with van der Waals surface area (Å²) in [7, 11) is 0. The minimum Gasteiger partial charge on any atom is -0.0921 e. The van der Waals surface area contributed by atoms with E-state index < -0.39 is 0 Å². The van der Waals surface area contributed by atoms with Crippen molar-refractivity contribution in [3.8, 4) is 0 Å². The van der Waals surface area contributed by atoms with Gasteiger partial charge < -0.3 is 0 Å². The van der Waals surface area contributed by atoms with Gasteiger partial charge in [0, 0.05) is 11.2 Å². The molecule has 0 radical (unpaired) electrons. The van der Waals surface area contributed by atoms with Crippen molar-refractivity contribution in [2.75, 3.05) is 5.33 Å². The lowest BCUT2D eigenvalue weighted by Gasteiger charge is -2.23. The summed E-state index contributed by atoms with van der Waals surface area (Å²) >= 11 is 3.65. The molecule has 0 saturated heterocycles. The lowest BCUT2D eigenvalue weighted by molar-refractivity contribution is 0.635. The quantitative estimate of drug-likeness (QED) is 0.697. The Kier molecular flexibility index (Phi) is 4.38. The largest absolute Gasteiger partial charge is 0.0921 e. The Bertz CT molecular complexity index is 436. The number of benzene rings is 2. The molecular formula is C16H17Br. The normalized spacial score (nSPS) is 14.2. The molecule has 0 spiro atoms. The van der Waals surface area contributed by atoms with E-state index in [4.69, 9.17) is 0 Å². The molecule has 0 aliphatic rings. The monoisotopic (exact) mass is 288 g/mol. The Hall–Kier alpha value is -1.08. The Morgan fingerprint density at radius 3 is 1.76 bits per heavy atom. The average molecular weight is 289 g/mol. The van der Waals surface area contributed by atoms with Crippen LogP contribution in [0.25, 0.3) is 0 Å². The van der Waals surface area contributed by atoms with Gasteiger partial charge in [0.2, 0.25) is 0 Å². The number of hydrogen-bond donors (Lipinski definition) is 0. The number of halogens is 1. The van der Waals surface area contributed by atoms with Gasteiger partial charge >= 0.3 is 0 Å². The topological polar surface area (TPSA) is 0 Å². The highest BCUT2D eigenvalue weighted by molar-refractivity contribution is 9.09. The van der Waals surface area contributed by atoms with Crippen LogP contribution in [0.1, 0.15) is 29.9 Å². The van der Waals surface area contributed by atoms with E-state index >= 15 is 0 Å². The molecule has 2 rings (SSSR count). The van der Waals surface area contributed by atoms with Crippen LogP contribution in [0.3, 0.4) is 0 Å². The second-order valence-corrected chi connectivity index (χ2v) is 5.02. The SMILES string of the molecule is CC(c1ccccc1)C(CBr)c1ccccc1. The maximum Gasteiger partial charge on any atom is 0.0106 e. The highest BCUT2D eigenvalue weighted by Gasteiger charge is 2.19. The maximum absolute atomic E-state index is 3.65. The molecule has 2 aromatic rings. The third-order valence-electron chi connectivity index (χ3n) is 3.32. The van der Waals surface area contributed by atoms with E-state index in [1.165, 1.54) is 11.1 Å². The van der Waals surface area contributed by atoms with E-state index in [0.29, 0.717) is 11.8 Å². The van der Waals surface area contributed by atoms with Crippen molar-refractivity contribution in [1.29, 1.82) is 0 Å². The van der Waals surface area contributed by atoms with Crippen molar-refractivity contribution in [2.24, 2.45) is 0 Å². The smallest absolute Gasteiger partial charge is 0.0106 e. The summed E-state index contributed by atoms with van der Waals surface area (Å²) in [6, 6.07) is 21.4. The molecule has 0 nitrogen and oxygen atoms in total. The highest BCUT2D eigenvalue weighted by atomic mass is 79.9. The first-order valence-electron chi connectivity index (χ1n) is 5.98. The summed E-state index contributed by atoms with van der Waals surface area (Å²) in [4.78, 5) is 0. The molecule has 2 atom stereocenters. The predicted octanol–water partition coefficient (Wildman–Crippen LogP) is 4.97. The second-order valence-electron chi connectivity index (χ2n) is 4.37. The van der Waals surface area contributed by atoms with Crippen molar-refractivity contribution in [3.05, 3.63) is 71.8 Å². The van der Waals surface area contributed by atoms with Crippen molar-refractivity contribution in [3.63, 3.8) is 0 Å². The Morgan fingerprint density at radius 1 is 0.824 bits per heavy atom. The fourth-order valence-electron chi connectivity index (χ4n) is 2.20. The molecule has 0 aromatic heterocycles. The molecular weight excluding hydrogens is 272 g/mol. The summed E-state index contributed by atoms with van der Waals surface area (Å²) in [5.41, 5.74) is 2.81. The van der Waals surface area contributed by atoms with E-state index in [1.807, 2.05) is 0 Å². The van der Waals surface area contributed by atoms with Gasteiger partial charge in [0.1, 0.15) is 0 Å². The van der Waals surface area contributed by atoms with Crippen LogP contribution in [-0.4, -0.2) is 5.33 Å². The Morgan fingerprint density at radius 2 is 1.29 bits per heavy atom. The third kappa shape index (κ3) is 2.98. The zero-order valence-corrected chi connectivity index (χ0v) is 11.6. The van der Waals surface area contributed by atoms with E-state index in [9.17, 15) is 0 Å². The number of alkyl halides is 1. The zero-order chi connectivity index (χ0) is 12.1. The highest BCUT2D eigenvalue weighted by Crippen LogP contribution is 2.33. The fourth-order valence-corrected chi connectivity index (χ4v) is 3.14. The van der Waals surface area contributed by atoms with Gasteiger partial charge in [-0.15, -0.1) is 0 Å². The molecule has 0 aliphatic heterocycles. The average Bonchev–Trinajstić information content (AvgIpc) is 2.42. The summed E-state index contributed by atoms with van der Waals surface area (Å²) < 4.78 is 0. The van der Waals surface area contributed by atoms with Gasteiger partial charge in [-0.05, 0) is 17.0 Å². The molecule has 1 heteroatoms. The molecule has 2 unspecified atom stereocenters. The summed E-state index contributed by atoms with van der Waals surface area (Å²) in [6.45, 7) is 2.30. The van der Waals surface area contributed by atoms with Gasteiger partial charge in [-0.25, -0.2) is 0 Å². The van der Waals surface area contributed by atoms with Crippen LogP contribution in [0.15, 0.2) is 60.7 Å². The summed E-state index contributed by atoms with van der Waals surface area (Å²) in [5.74, 6) is 1.05. The zero-order valence-electron chi connectivity index (χ0n) is 10.0. The van der Waals surface area contributed by atoms with Crippen LogP contribution < -0.4 is 0 Å². The van der Waals surface area contributed by atoms with Crippen LogP contribution in [0.5, 0.6) is 0 Å². The molecule has 2 aromatic carbocycles.